The molecule has 1 saturated heterocycles. The summed E-state index contributed by atoms with van der Waals surface area (Å²) in [6, 6.07) is 6.41. The van der Waals surface area contributed by atoms with Gasteiger partial charge in [0.05, 0.1) is 5.69 Å². The topological polar surface area (TPSA) is 89.9 Å². The van der Waals surface area contributed by atoms with Crippen LogP contribution in [0.1, 0.15) is 56.7 Å². The number of rotatable bonds is 5. The molecule has 194 valence electrons. The molecule has 1 N–H and O–H groups in total. The van der Waals surface area contributed by atoms with Crippen molar-refractivity contribution >= 4 is 41.2 Å². The molecule has 2 aliphatic heterocycles. The normalized spacial score (nSPS) is 20.7. The third kappa shape index (κ3) is 5.42. The first-order valence-electron chi connectivity index (χ1n) is 12.2. The summed E-state index contributed by atoms with van der Waals surface area (Å²) in [5, 5.41) is 11.0. The van der Waals surface area contributed by atoms with Crippen LogP contribution in [-0.4, -0.2) is 74.1 Å². The number of fused-ring (bicyclic) bond motifs is 1. The molecular weight excluding hydrogens is 498 g/mol. The molecule has 0 aliphatic carbocycles. The number of piperazine rings is 1. The van der Waals surface area contributed by atoms with E-state index in [2.05, 4.69) is 28.7 Å². The molecular formula is C26H34ClN5O3S. The van der Waals surface area contributed by atoms with Crippen molar-refractivity contribution in [3.63, 3.8) is 0 Å². The quantitative estimate of drug-likeness (QED) is 0.589. The van der Waals surface area contributed by atoms with E-state index >= 15 is 0 Å². The highest BCUT2D eigenvalue weighted by Gasteiger charge is 2.41. The molecule has 0 unspecified atom stereocenters. The minimum Gasteiger partial charge on any atom is -0.465 e. The molecule has 3 atom stereocenters. The summed E-state index contributed by atoms with van der Waals surface area (Å²) < 4.78 is 0. The van der Waals surface area contributed by atoms with Gasteiger partial charge in [-0.2, -0.15) is 0 Å². The van der Waals surface area contributed by atoms with Gasteiger partial charge in [-0.25, -0.2) is 14.8 Å². The molecule has 0 radical (unpaired) electrons. The predicted molar refractivity (Wildman–Crippen MR) is 144 cm³/mol. The lowest BCUT2D eigenvalue weighted by molar-refractivity contribution is -0.139. The van der Waals surface area contributed by atoms with Gasteiger partial charge in [0, 0.05) is 59.2 Å². The van der Waals surface area contributed by atoms with E-state index in [-0.39, 0.29) is 18.4 Å². The fraction of sp³-hybridized carbons (Fsp3) is 0.538. The lowest BCUT2D eigenvalue weighted by Crippen LogP contribution is -2.62. The van der Waals surface area contributed by atoms with Gasteiger partial charge < -0.3 is 14.9 Å². The van der Waals surface area contributed by atoms with Crippen molar-refractivity contribution < 1.29 is 14.7 Å². The van der Waals surface area contributed by atoms with Gasteiger partial charge >= 0.3 is 6.09 Å². The molecule has 1 fully saturated rings. The second-order valence-electron chi connectivity index (χ2n) is 10.5. The van der Waals surface area contributed by atoms with Crippen molar-refractivity contribution in [1.29, 1.82) is 0 Å². The van der Waals surface area contributed by atoms with Gasteiger partial charge in [-0.15, -0.1) is 11.8 Å². The van der Waals surface area contributed by atoms with E-state index < -0.39 is 17.7 Å². The van der Waals surface area contributed by atoms with Crippen LogP contribution in [0.3, 0.4) is 0 Å². The Hall–Kier alpha value is -2.52. The van der Waals surface area contributed by atoms with E-state index in [9.17, 15) is 14.7 Å². The van der Waals surface area contributed by atoms with Gasteiger partial charge in [0.15, 0.2) is 0 Å². The lowest BCUT2D eigenvalue weighted by Gasteiger charge is -2.45. The van der Waals surface area contributed by atoms with Crippen LogP contribution < -0.4 is 4.90 Å². The summed E-state index contributed by atoms with van der Waals surface area (Å²) >= 11 is 7.91. The minimum absolute atomic E-state index is 0.0311. The number of carbonyl (C=O) groups excluding carboxylic acids is 1. The third-order valence-electron chi connectivity index (χ3n) is 6.90. The van der Waals surface area contributed by atoms with Gasteiger partial charge in [0.25, 0.3) is 0 Å². The van der Waals surface area contributed by atoms with E-state index in [1.54, 1.807) is 18.5 Å². The summed E-state index contributed by atoms with van der Waals surface area (Å²) in [5.41, 5.74) is 2.40. The molecule has 3 heterocycles. The van der Waals surface area contributed by atoms with Crippen LogP contribution in [0.25, 0.3) is 0 Å². The second kappa shape index (κ2) is 10.5. The molecule has 1 aromatic carbocycles. The van der Waals surface area contributed by atoms with Crippen LogP contribution in [0.4, 0.5) is 10.6 Å². The summed E-state index contributed by atoms with van der Waals surface area (Å²) in [5.74, 6) is 1.67. The molecule has 10 heteroatoms. The Morgan fingerprint density at radius 2 is 1.89 bits per heavy atom. The molecule has 0 saturated carbocycles. The van der Waals surface area contributed by atoms with Crippen LogP contribution in [0, 0.1) is 0 Å². The summed E-state index contributed by atoms with van der Waals surface area (Å²) in [6.45, 7) is 11.3. The molecule has 0 spiro atoms. The molecule has 0 bridgehead atoms. The van der Waals surface area contributed by atoms with Crippen LogP contribution in [0.5, 0.6) is 0 Å². The van der Waals surface area contributed by atoms with Crippen LogP contribution in [0.15, 0.2) is 30.6 Å². The zero-order valence-corrected chi connectivity index (χ0v) is 23.0. The highest BCUT2D eigenvalue weighted by molar-refractivity contribution is 7.99. The second-order valence-corrected chi connectivity index (χ2v) is 12.3. The zero-order valence-electron chi connectivity index (χ0n) is 21.4. The number of carboxylic acid groups (broad SMARTS) is 1. The smallest absolute Gasteiger partial charge is 0.408 e. The number of amides is 2. The molecule has 2 aliphatic rings. The number of nitrogens with zero attached hydrogens (tertiary/aromatic N) is 5. The molecule has 8 nitrogen and oxygen atoms in total. The number of carbonyl (C=O) groups is 2. The van der Waals surface area contributed by atoms with Crippen molar-refractivity contribution in [2.75, 3.05) is 24.5 Å². The van der Waals surface area contributed by atoms with Crippen molar-refractivity contribution in [2.24, 2.45) is 0 Å². The van der Waals surface area contributed by atoms with E-state index in [0.29, 0.717) is 29.9 Å². The average molecular weight is 532 g/mol. The van der Waals surface area contributed by atoms with E-state index in [4.69, 9.17) is 11.6 Å². The number of hydrogen-bond acceptors (Lipinski definition) is 6. The van der Waals surface area contributed by atoms with Gasteiger partial charge in [-0.3, -0.25) is 9.69 Å². The predicted octanol–water partition coefficient (Wildman–Crippen LogP) is 4.86. The minimum atomic E-state index is -1.11. The van der Waals surface area contributed by atoms with E-state index in [1.807, 2.05) is 49.6 Å². The molecule has 2 amide bonds. The molecule has 2 aromatic rings. The van der Waals surface area contributed by atoms with Crippen LogP contribution in [0.2, 0.25) is 5.02 Å². The highest BCUT2D eigenvalue weighted by Crippen LogP contribution is 2.44. The van der Waals surface area contributed by atoms with Crippen LogP contribution in [-0.2, 0) is 17.0 Å². The Morgan fingerprint density at radius 3 is 2.50 bits per heavy atom. The number of hydrogen-bond donors (Lipinski definition) is 1. The largest absolute Gasteiger partial charge is 0.465 e. The Labute approximate surface area is 222 Å². The fourth-order valence-electron chi connectivity index (χ4n) is 5.17. The Morgan fingerprint density at radius 1 is 1.19 bits per heavy atom. The first-order valence-corrected chi connectivity index (χ1v) is 13.7. The summed E-state index contributed by atoms with van der Waals surface area (Å²) in [7, 11) is 0. The molecule has 1 aromatic heterocycles. The average Bonchev–Trinajstić information content (AvgIpc) is 3.19. The highest BCUT2D eigenvalue weighted by atomic mass is 35.5. The number of benzene rings is 1. The summed E-state index contributed by atoms with van der Waals surface area (Å²) in [6.07, 6.45) is 0.805. The first-order chi connectivity index (χ1) is 17.0. The number of aromatic nitrogens is 2. The number of halogens is 1. The van der Waals surface area contributed by atoms with Crippen molar-refractivity contribution in [3.8, 4) is 0 Å². The van der Waals surface area contributed by atoms with Gasteiger partial charge in [0.2, 0.25) is 5.91 Å². The lowest BCUT2D eigenvalue weighted by atomic mass is 9.97. The maximum atomic E-state index is 13.9. The van der Waals surface area contributed by atoms with E-state index in [1.165, 1.54) is 10.5 Å². The standard InChI is InChI=1S/C26H34ClN5O3S/c1-16-13-30(10-11-31(16)23-22-17(2)36-14-20(22)28-15-29-23)24(33)21(32(25(34)35)26(3,4)5)12-18-6-8-19(27)9-7-18/h6-9,15-17,21H,10-14H2,1-5H3,(H,34,35)/t16-,17-,21+/m0/s1. The Bertz CT molecular complexity index is 1120. The van der Waals surface area contributed by atoms with Crippen LogP contribution >= 0.6 is 23.4 Å². The van der Waals surface area contributed by atoms with Crippen molar-refractivity contribution in [3.05, 3.63) is 52.4 Å². The van der Waals surface area contributed by atoms with Gasteiger partial charge in [-0.05, 0) is 52.3 Å². The van der Waals surface area contributed by atoms with Crippen molar-refractivity contribution in [2.45, 2.75) is 69.7 Å². The van der Waals surface area contributed by atoms with Gasteiger partial charge in [0.1, 0.15) is 18.2 Å². The molecule has 36 heavy (non-hydrogen) atoms. The summed E-state index contributed by atoms with van der Waals surface area (Å²) in [4.78, 5) is 40.8. The van der Waals surface area contributed by atoms with Gasteiger partial charge in [-0.1, -0.05) is 23.7 Å². The Kier molecular flexibility index (Phi) is 7.71. The number of thioether (sulfide) groups is 1. The maximum Gasteiger partial charge on any atom is 0.408 e. The van der Waals surface area contributed by atoms with Crippen molar-refractivity contribution in [1.82, 2.24) is 19.8 Å². The maximum absolute atomic E-state index is 13.9. The Balaban J connectivity index is 1.58. The number of anilines is 1. The van der Waals surface area contributed by atoms with E-state index in [0.717, 1.165) is 22.8 Å². The zero-order chi connectivity index (χ0) is 26.2. The fourth-order valence-corrected chi connectivity index (χ4v) is 6.34. The monoisotopic (exact) mass is 531 g/mol. The first kappa shape index (κ1) is 26.5. The SMILES string of the molecule is C[C@@H]1SCc2ncnc(N3CCN(C(=O)[C@@H](Cc4ccc(Cl)cc4)N(C(=O)O)C(C)(C)C)C[C@@H]3C)c21. The molecule has 4 rings (SSSR count). The third-order valence-corrected chi connectivity index (χ3v) is 8.33.